The molecule has 1 aliphatic rings. The summed E-state index contributed by atoms with van der Waals surface area (Å²) in [6.45, 7) is 3.63. The molecule has 0 saturated carbocycles. The maximum Gasteiger partial charge on any atom is 0.315 e. The lowest BCUT2D eigenvalue weighted by molar-refractivity contribution is -0.117. The van der Waals surface area contributed by atoms with E-state index in [0.717, 1.165) is 11.2 Å². The number of benzene rings is 2. The van der Waals surface area contributed by atoms with Gasteiger partial charge in [-0.1, -0.05) is 18.2 Å². The number of anilines is 1. The average Bonchev–Trinajstić information content (AvgIpc) is 3.31. The highest BCUT2D eigenvalue weighted by molar-refractivity contribution is 5.97. The summed E-state index contributed by atoms with van der Waals surface area (Å²) >= 11 is 0. The van der Waals surface area contributed by atoms with Crippen LogP contribution in [0.1, 0.15) is 12.1 Å². The number of rotatable bonds is 7. The Morgan fingerprint density at radius 1 is 1.09 bits per heavy atom. The van der Waals surface area contributed by atoms with Crippen LogP contribution in [0.4, 0.5) is 10.5 Å². The minimum atomic E-state index is -0.272. The molecule has 2 aromatic carbocycles. The van der Waals surface area contributed by atoms with Crippen molar-refractivity contribution in [3.63, 3.8) is 0 Å². The maximum absolute atomic E-state index is 12.5. The molecular weight excluding hydrogens is 408 g/mol. The second-order valence-corrected chi connectivity index (χ2v) is 7.84. The van der Waals surface area contributed by atoms with Crippen LogP contribution in [0.2, 0.25) is 0 Å². The molecular formula is C24H28N4O4. The van der Waals surface area contributed by atoms with Crippen LogP contribution in [0.3, 0.4) is 0 Å². The quantitative estimate of drug-likeness (QED) is 0.596. The van der Waals surface area contributed by atoms with E-state index in [-0.39, 0.29) is 24.4 Å². The number of carbonyl (C=O) groups excluding carboxylic acids is 2. The van der Waals surface area contributed by atoms with Gasteiger partial charge in [0.15, 0.2) is 11.5 Å². The number of ether oxygens (including phenoxy) is 2. The summed E-state index contributed by atoms with van der Waals surface area (Å²) in [5.74, 6) is 1.11. The monoisotopic (exact) mass is 436 g/mol. The molecule has 0 unspecified atom stereocenters. The standard InChI is InChI=1S/C24H28N4O4/c1-16-12-17-6-4-5-7-20(17)27(16)11-10-25-24(30)26-18-13-23(29)28(15-18)19-8-9-21(31-2)22(14-19)32-3/h4-9,12,14,18H,10-11,13,15H2,1-3H3,(H2,25,26,30)/t18-/m1/s1. The second-order valence-electron chi connectivity index (χ2n) is 7.84. The lowest BCUT2D eigenvalue weighted by atomic mass is 10.2. The lowest BCUT2D eigenvalue weighted by Gasteiger charge is -2.19. The van der Waals surface area contributed by atoms with E-state index < -0.39 is 0 Å². The molecule has 2 heterocycles. The number of carbonyl (C=O) groups is 2. The fourth-order valence-electron chi connectivity index (χ4n) is 4.21. The topological polar surface area (TPSA) is 84.8 Å². The molecule has 32 heavy (non-hydrogen) atoms. The Bertz CT molecular complexity index is 1140. The Morgan fingerprint density at radius 3 is 2.66 bits per heavy atom. The van der Waals surface area contributed by atoms with Crippen molar-refractivity contribution < 1.29 is 19.1 Å². The van der Waals surface area contributed by atoms with Crippen molar-refractivity contribution in [2.45, 2.75) is 25.9 Å². The van der Waals surface area contributed by atoms with E-state index in [1.165, 1.54) is 5.39 Å². The van der Waals surface area contributed by atoms with Gasteiger partial charge in [0, 0.05) is 49.0 Å². The van der Waals surface area contributed by atoms with Crippen LogP contribution >= 0.6 is 0 Å². The van der Waals surface area contributed by atoms with Crippen LogP contribution in [-0.4, -0.2) is 49.9 Å². The third-order valence-electron chi connectivity index (χ3n) is 5.78. The molecule has 1 saturated heterocycles. The zero-order valence-corrected chi connectivity index (χ0v) is 18.6. The lowest BCUT2D eigenvalue weighted by Crippen LogP contribution is -2.44. The van der Waals surface area contributed by atoms with Crippen LogP contribution in [0.15, 0.2) is 48.5 Å². The van der Waals surface area contributed by atoms with Gasteiger partial charge in [0.1, 0.15) is 0 Å². The van der Waals surface area contributed by atoms with Crippen molar-refractivity contribution in [1.82, 2.24) is 15.2 Å². The summed E-state index contributed by atoms with van der Waals surface area (Å²) in [6, 6.07) is 15.1. The smallest absolute Gasteiger partial charge is 0.315 e. The van der Waals surface area contributed by atoms with E-state index in [2.05, 4.69) is 40.3 Å². The number of aromatic nitrogens is 1. The fourth-order valence-corrected chi connectivity index (χ4v) is 4.21. The van der Waals surface area contributed by atoms with Gasteiger partial charge in [0.25, 0.3) is 0 Å². The number of aryl methyl sites for hydroxylation is 1. The van der Waals surface area contributed by atoms with Gasteiger partial charge in [0.2, 0.25) is 5.91 Å². The first-order valence-electron chi connectivity index (χ1n) is 10.6. The van der Waals surface area contributed by atoms with Gasteiger partial charge in [-0.3, -0.25) is 4.79 Å². The first-order valence-corrected chi connectivity index (χ1v) is 10.6. The van der Waals surface area contributed by atoms with Gasteiger partial charge in [0.05, 0.1) is 20.3 Å². The Balaban J connectivity index is 1.31. The van der Waals surface area contributed by atoms with E-state index in [1.54, 1.807) is 31.3 Å². The number of hydrogen-bond acceptors (Lipinski definition) is 4. The van der Waals surface area contributed by atoms with Gasteiger partial charge >= 0.3 is 6.03 Å². The number of amides is 3. The summed E-state index contributed by atoms with van der Waals surface area (Å²) in [5.41, 5.74) is 3.02. The molecule has 2 N–H and O–H groups in total. The third kappa shape index (κ3) is 4.34. The Kier molecular flexibility index (Phi) is 6.20. The molecule has 4 rings (SSSR count). The molecule has 1 aliphatic heterocycles. The van der Waals surface area contributed by atoms with Crippen molar-refractivity contribution in [3.05, 3.63) is 54.2 Å². The molecule has 0 aliphatic carbocycles. The predicted octanol–water partition coefficient (Wildman–Crippen LogP) is 3.07. The molecule has 3 aromatic rings. The highest BCUT2D eigenvalue weighted by atomic mass is 16.5. The SMILES string of the molecule is COc1ccc(N2C[C@H](NC(=O)NCCn3c(C)cc4ccccc43)CC2=O)cc1OC. The number of fused-ring (bicyclic) bond motifs is 1. The first kappa shape index (κ1) is 21.5. The number of nitrogens with zero attached hydrogens (tertiary/aromatic N) is 2. The van der Waals surface area contributed by atoms with Gasteiger partial charge < -0.3 is 29.6 Å². The number of urea groups is 1. The van der Waals surface area contributed by atoms with E-state index in [4.69, 9.17) is 9.47 Å². The zero-order valence-electron chi connectivity index (χ0n) is 18.6. The first-order chi connectivity index (χ1) is 15.5. The minimum absolute atomic E-state index is 0.0445. The molecule has 1 fully saturated rings. The Hall–Kier alpha value is -3.68. The number of methoxy groups -OCH3 is 2. The third-order valence-corrected chi connectivity index (χ3v) is 5.78. The Labute approximate surface area is 187 Å². The summed E-state index contributed by atoms with van der Waals surface area (Å²) in [7, 11) is 3.12. The van der Waals surface area contributed by atoms with E-state index in [0.29, 0.717) is 36.8 Å². The molecule has 1 aromatic heterocycles. The molecule has 168 valence electrons. The average molecular weight is 437 g/mol. The van der Waals surface area contributed by atoms with Crippen molar-refractivity contribution >= 4 is 28.5 Å². The summed E-state index contributed by atoms with van der Waals surface area (Å²) in [5, 5.41) is 7.01. The molecule has 1 atom stereocenters. The molecule has 8 heteroatoms. The molecule has 0 radical (unpaired) electrons. The normalized spacial score (nSPS) is 15.8. The van der Waals surface area contributed by atoms with Gasteiger partial charge in [-0.15, -0.1) is 0 Å². The summed E-state index contributed by atoms with van der Waals surface area (Å²) in [4.78, 5) is 26.6. The summed E-state index contributed by atoms with van der Waals surface area (Å²) < 4.78 is 12.8. The molecule has 3 amide bonds. The zero-order chi connectivity index (χ0) is 22.7. The van der Waals surface area contributed by atoms with Crippen LogP contribution in [0.25, 0.3) is 10.9 Å². The number of nitrogens with one attached hydrogen (secondary N) is 2. The van der Waals surface area contributed by atoms with Gasteiger partial charge in [-0.05, 0) is 36.6 Å². The fraction of sp³-hybridized carbons (Fsp3) is 0.333. The van der Waals surface area contributed by atoms with Crippen LogP contribution in [0.5, 0.6) is 11.5 Å². The minimum Gasteiger partial charge on any atom is -0.493 e. The van der Waals surface area contributed by atoms with Crippen LogP contribution < -0.4 is 25.0 Å². The number of hydrogen-bond donors (Lipinski definition) is 2. The van der Waals surface area contributed by atoms with Crippen molar-refractivity contribution in [3.8, 4) is 11.5 Å². The summed E-state index contributed by atoms with van der Waals surface area (Å²) in [6.07, 6.45) is 0.253. The predicted molar refractivity (Wildman–Crippen MR) is 124 cm³/mol. The van der Waals surface area contributed by atoms with Crippen molar-refractivity contribution in [1.29, 1.82) is 0 Å². The van der Waals surface area contributed by atoms with Gasteiger partial charge in [-0.2, -0.15) is 0 Å². The Morgan fingerprint density at radius 2 is 1.88 bits per heavy atom. The van der Waals surface area contributed by atoms with E-state index >= 15 is 0 Å². The van der Waals surface area contributed by atoms with Crippen LogP contribution in [0, 0.1) is 6.92 Å². The second kappa shape index (κ2) is 9.21. The van der Waals surface area contributed by atoms with Crippen LogP contribution in [-0.2, 0) is 11.3 Å². The van der Waals surface area contributed by atoms with Gasteiger partial charge in [-0.25, -0.2) is 4.79 Å². The van der Waals surface area contributed by atoms with Crippen molar-refractivity contribution in [2.75, 3.05) is 32.2 Å². The van der Waals surface area contributed by atoms with Crippen molar-refractivity contribution in [2.24, 2.45) is 0 Å². The molecule has 0 spiro atoms. The molecule has 0 bridgehead atoms. The largest absolute Gasteiger partial charge is 0.493 e. The van der Waals surface area contributed by atoms with E-state index in [9.17, 15) is 9.59 Å². The van der Waals surface area contributed by atoms with E-state index in [1.807, 2.05) is 18.2 Å². The highest BCUT2D eigenvalue weighted by Crippen LogP contribution is 2.33. The highest BCUT2D eigenvalue weighted by Gasteiger charge is 2.32. The number of para-hydroxylation sites is 1. The maximum atomic E-state index is 12.5. The molecule has 8 nitrogen and oxygen atoms in total.